The Hall–Kier alpha value is -1.91. The van der Waals surface area contributed by atoms with Gasteiger partial charge in [-0.15, -0.1) is 11.3 Å². The lowest BCUT2D eigenvalue weighted by atomic mass is 10.1. The number of fused-ring (bicyclic) bond motifs is 1. The molecule has 0 aliphatic heterocycles. The number of benzene rings is 1. The number of halogens is 1. The summed E-state index contributed by atoms with van der Waals surface area (Å²) >= 11 is 7.43. The number of carbonyl (C=O) groups is 1. The van der Waals surface area contributed by atoms with Crippen LogP contribution in [0.5, 0.6) is 0 Å². The lowest BCUT2D eigenvalue weighted by Gasteiger charge is -2.16. The van der Waals surface area contributed by atoms with Crippen molar-refractivity contribution in [3.63, 3.8) is 0 Å². The molecule has 0 N–H and O–H groups in total. The smallest absolute Gasteiger partial charge is 0.227 e. The minimum Gasteiger partial charge on any atom is -0.340 e. The van der Waals surface area contributed by atoms with Crippen LogP contribution in [0, 0.1) is 0 Å². The maximum atomic E-state index is 12.4. The van der Waals surface area contributed by atoms with Gasteiger partial charge in [0.05, 0.1) is 22.8 Å². The predicted octanol–water partition coefficient (Wildman–Crippen LogP) is 4.15. The van der Waals surface area contributed by atoms with Gasteiger partial charge in [0.2, 0.25) is 5.91 Å². The average Bonchev–Trinajstić information content (AvgIpc) is 2.92. The Kier molecular flexibility index (Phi) is 4.41. The number of rotatable bonds is 4. The maximum Gasteiger partial charge on any atom is 0.227 e. The van der Waals surface area contributed by atoms with Gasteiger partial charge in [0, 0.05) is 23.5 Å². The molecule has 1 aromatic carbocycles. The standard InChI is InChI=1S/C17H15ClN2OS/c1-20(11-14-7-8-15(18)22-14)16(21)10-13-5-2-4-12-6-3-9-19-17(12)13/h2-9H,10-11H2,1H3. The zero-order valence-electron chi connectivity index (χ0n) is 12.1. The summed E-state index contributed by atoms with van der Waals surface area (Å²) in [5.41, 5.74) is 1.85. The van der Waals surface area contributed by atoms with Crippen molar-refractivity contribution in [2.24, 2.45) is 0 Å². The van der Waals surface area contributed by atoms with Crippen LogP contribution in [0.1, 0.15) is 10.4 Å². The maximum absolute atomic E-state index is 12.4. The van der Waals surface area contributed by atoms with E-state index in [1.165, 1.54) is 11.3 Å². The van der Waals surface area contributed by atoms with Crippen LogP contribution in [0.4, 0.5) is 0 Å². The molecule has 2 aromatic heterocycles. The van der Waals surface area contributed by atoms with Gasteiger partial charge in [-0.1, -0.05) is 35.9 Å². The summed E-state index contributed by atoms with van der Waals surface area (Å²) in [6.07, 6.45) is 2.11. The van der Waals surface area contributed by atoms with Crippen LogP contribution in [0.25, 0.3) is 10.9 Å². The molecule has 0 atom stereocenters. The quantitative estimate of drug-likeness (QED) is 0.720. The Morgan fingerprint density at radius 3 is 2.82 bits per heavy atom. The monoisotopic (exact) mass is 330 g/mol. The molecular weight excluding hydrogens is 316 g/mol. The van der Waals surface area contributed by atoms with Crippen molar-refractivity contribution in [3.8, 4) is 0 Å². The van der Waals surface area contributed by atoms with Crippen LogP contribution < -0.4 is 0 Å². The van der Waals surface area contributed by atoms with Crippen molar-refractivity contribution >= 4 is 39.7 Å². The zero-order valence-corrected chi connectivity index (χ0v) is 13.7. The van der Waals surface area contributed by atoms with Crippen molar-refractivity contribution in [1.82, 2.24) is 9.88 Å². The SMILES string of the molecule is CN(Cc1ccc(Cl)s1)C(=O)Cc1cccc2cccnc12. The highest BCUT2D eigenvalue weighted by Crippen LogP contribution is 2.23. The van der Waals surface area contributed by atoms with E-state index in [-0.39, 0.29) is 5.91 Å². The van der Waals surface area contributed by atoms with Crippen molar-refractivity contribution in [1.29, 1.82) is 0 Å². The van der Waals surface area contributed by atoms with Crippen molar-refractivity contribution in [2.45, 2.75) is 13.0 Å². The minimum absolute atomic E-state index is 0.0719. The molecule has 5 heteroatoms. The number of para-hydroxylation sites is 1. The molecule has 0 spiro atoms. The summed E-state index contributed by atoms with van der Waals surface area (Å²) in [5, 5.41) is 1.06. The van der Waals surface area contributed by atoms with E-state index < -0.39 is 0 Å². The molecule has 0 radical (unpaired) electrons. The van der Waals surface area contributed by atoms with E-state index in [4.69, 9.17) is 11.6 Å². The number of amides is 1. The normalized spacial score (nSPS) is 10.8. The van der Waals surface area contributed by atoms with Crippen LogP contribution in [0.3, 0.4) is 0 Å². The highest BCUT2D eigenvalue weighted by atomic mass is 35.5. The Labute approximate surface area is 138 Å². The van der Waals surface area contributed by atoms with Gasteiger partial charge in [-0.3, -0.25) is 9.78 Å². The molecule has 1 amide bonds. The number of nitrogens with zero attached hydrogens (tertiary/aromatic N) is 2. The van der Waals surface area contributed by atoms with Gasteiger partial charge in [0.15, 0.2) is 0 Å². The third-order valence-corrected chi connectivity index (χ3v) is 4.72. The van der Waals surface area contributed by atoms with Gasteiger partial charge < -0.3 is 4.90 Å². The minimum atomic E-state index is 0.0719. The molecular formula is C17H15ClN2OS. The first-order chi connectivity index (χ1) is 10.6. The second kappa shape index (κ2) is 6.46. The number of likely N-dealkylation sites (N-methyl/N-ethyl adjacent to an activating group) is 1. The van der Waals surface area contributed by atoms with Gasteiger partial charge >= 0.3 is 0 Å². The van der Waals surface area contributed by atoms with Gasteiger partial charge in [0.25, 0.3) is 0 Å². The first-order valence-corrected chi connectivity index (χ1v) is 8.14. The van der Waals surface area contributed by atoms with Crippen LogP contribution >= 0.6 is 22.9 Å². The van der Waals surface area contributed by atoms with Crippen LogP contribution in [-0.4, -0.2) is 22.8 Å². The van der Waals surface area contributed by atoms with E-state index in [1.807, 2.05) is 49.5 Å². The summed E-state index contributed by atoms with van der Waals surface area (Å²) in [6.45, 7) is 0.578. The Balaban J connectivity index is 1.75. The topological polar surface area (TPSA) is 33.2 Å². The second-order valence-corrected chi connectivity index (χ2v) is 6.92. The number of thiophene rings is 1. The van der Waals surface area contributed by atoms with E-state index in [2.05, 4.69) is 4.98 Å². The number of hydrogen-bond acceptors (Lipinski definition) is 3. The second-order valence-electron chi connectivity index (χ2n) is 5.12. The first-order valence-electron chi connectivity index (χ1n) is 6.94. The predicted molar refractivity (Wildman–Crippen MR) is 91.3 cm³/mol. The third-order valence-electron chi connectivity index (χ3n) is 3.51. The fourth-order valence-corrected chi connectivity index (χ4v) is 3.51. The Morgan fingerprint density at radius 1 is 1.23 bits per heavy atom. The van der Waals surface area contributed by atoms with E-state index in [0.29, 0.717) is 13.0 Å². The summed E-state index contributed by atoms with van der Waals surface area (Å²) in [6, 6.07) is 13.7. The van der Waals surface area contributed by atoms with E-state index in [1.54, 1.807) is 11.1 Å². The molecule has 2 heterocycles. The summed E-state index contributed by atoms with van der Waals surface area (Å²) < 4.78 is 0.745. The molecule has 0 saturated carbocycles. The lowest BCUT2D eigenvalue weighted by Crippen LogP contribution is -2.27. The molecule has 3 rings (SSSR count). The average molecular weight is 331 g/mol. The van der Waals surface area contributed by atoms with E-state index >= 15 is 0 Å². The van der Waals surface area contributed by atoms with Crippen LogP contribution in [0.15, 0.2) is 48.7 Å². The summed E-state index contributed by atoms with van der Waals surface area (Å²) in [5.74, 6) is 0.0719. The van der Waals surface area contributed by atoms with Gasteiger partial charge in [-0.05, 0) is 23.8 Å². The van der Waals surface area contributed by atoms with Gasteiger partial charge in [-0.2, -0.15) is 0 Å². The molecule has 0 fully saturated rings. The summed E-state index contributed by atoms with van der Waals surface area (Å²) in [4.78, 5) is 19.6. The summed E-state index contributed by atoms with van der Waals surface area (Å²) in [7, 11) is 1.81. The van der Waals surface area contributed by atoms with Crippen molar-refractivity contribution < 1.29 is 4.79 Å². The Morgan fingerprint density at radius 2 is 2.05 bits per heavy atom. The molecule has 22 heavy (non-hydrogen) atoms. The zero-order chi connectivity index (χ0) is 15.5. The largest absolute Gasteiger partial charge is 0.340 e. The lowest BCUT2D eigenvalue weighted by molar-refractivity contribution is -0.129. The van der Waals surface area contributed by atoms with Gasteiger partial charge in [-0.25, -0.2) is 0 Å². The number of aromatic nitrogens is 1. The number of carbonyl (C=O) groups excluding carboxylic acids is 1. The van der Waals surface area contributed by atoms with E-state index in [9.17, 15) is 4.79 Å². The molecule has 0 aliphatic carbocycles. The molecule has 0 saturated heterocycles. The molecule has 112 valence electrons. The molecule has 0 bridgehead atoms. The molecule has 0 aliphatic rings. The highest BCUT2D eigenvalue weighted by Gasteiger charge is 2.13. The van der Waals surface area contributed by atoms with Crippen molar-refractivity contribution in [3.05, 3.63) is 63.4 Å². The Bertz CT molecular complexity index is 810. The molecule has 0 unspecified atom stereocenters. The van der Waals surface area contributed by atoms with E-state index in [0.717, 1.165) is 25.7 Å². The molecule has 3 nitrogen and oxygen atoms in total. The van der Waals surface area contributed by atoms with Crippen molar-refractivity contribution in [2.75, 3.05) is 7.05 Å². The van der Waals surface area contributed by atoms with Crippen LogP contribution in [-0.2, 0) is 17.8 Å². The van der Waals surface area contributed by atoms with Gasteiger partial charge in [0.1, 0.15) is 0 Å². The van der Waals surface area contributed by atoms with Crippen LogP contribution in [0.2, 0.25) is 4.34 Å². The third kappa shape index (κ3) is 3.29. The highest BCUT2D eigenvalue weighted by molar-refractivity contribution is 7.16. The fraction of sp³-hybridized carbons (Fsp3) is 0.176. The molecule has 3 aromatic rings. The first kappa shape index (κ1) is 15.0. The fourth-order valence-electron chi connectivity index (χ4n) is 2.37. The number of pyridine rings is 1. The number of hydrogen-bond donors (Lipinski definition) is 0.